The lowest BCUT2D eigenvalue weighted by atomic mass is 10.1. The highest BCUT2D eigenvalue weighted by atomic mass is 16.5. The Balaban J connectivity index is 1.89. The molecule has 6 nitrogen and oxygen atoms in total. The van der Waals surface area contributed by atoms with Gasteiger partial charge in [0.05, 0.1) is 7.11 Å². The van der Waals surface area contributed by atoms with Crippen molar-refractivity contribution in [1.29, 1.82) is 0 Å². The molecule has 0 unspecified atom stereocenters. The number of anilines is 1. The number of nitrogens with zero attached hydrogens (tertiary/aromatic N) is 1. The van der Waals surface area contributed by atoms with Gasteiger partial charge in [-0.3, -0.25) is 14.4 Å². The molecule has 2 rings (SSSR count). The van der Waals surface area contributed by atoms with Crippen molar-refractivity contribution >= 4 is 23.3 Å². The van der Waals surface area contributed by atoms with Gasteiger partial charge in [-0.15, -0.1) is 0 Å². The molecule has 0 aromatic heterocycles. The van der Waals surface area contributed by atoms with Crippen molar-refractivity contribution < 1.29 is 19.1 Å². The van der Waals surface area contributed by atoms with Gasteiger partial charge in [0.1, 0.15) is 5.75 Å². The zero-order chi connectivity index (χ0) is 20.5. The number of methoxy groups -OCH3 is 1. The molecule has 0 aliphatic rings. The maximum Gasteiger partial charge on any atom is 0.223 e. The quantitative estimate of drug-likeness (QED) is 0.677. The number of nitrogens with one attached hydrogen (secondary N) is 1. The van der Waals surface area contributed by atoms with Gasteiger partial charge in [0.25, 0.3) is 0 Å². The molecule has 0 aliphatic carbocycles. The summed E-state index contributed by atoms with van der Waals surface area (Å²) in [5.74, 6) is 0.413. The maximum absolute atomic E-state index is 12.2. The van der Waals surface area contributed by atoms with Crippen LogP contribution in [0.5, 0.6) is 5.75 Å². The molecule has 6 heteroatoms. The number of benzene rings is 2. The molecule has 0 saturated heterocycles. The monoisotopic (exact) mass is 382 g/mol. The molecule has 0 fully saturated rings. The molecule has 0 spiro atoms. The van der Waals surface area contributed by atoms with Crippen LogP contribution < -0.4 is 15.0 Å². The molecule has 0 bridgehead atoms. The molecule has 0 atom stereocenters. The lowest BCUT2D eigenvalue weighted by Gasteiger charge is -2.21. The fraction of sp³-hybridized carbons (Fsp3) is 0.318. The predicted molar refractivity (Wildman–Crippen MR) is 109 cm³/mol. The van der Waals surface area contributed by atoms with Gasteiger partial charge in [0.2, 0.25) is 11.8 Å². The Morgan fingerprint density at radius 1 is 1.04 bits per heavy atom. The Morgan fingerprint density at radius 2 is 1.79 bits per heavy atom. The normalized spacial score (nSPS) is 10.2. The van der Waals surface area contributed by atoms with Crippen LogP contribution in [0.4, 0.5) is 5.69 Å². The van der Waals surface area contributed by atoms with Crippen LogP contribution in [0, 0.1) is 0 Å². The number of para-hydroxylation sites is 1. The molecule has 148 valence electrons. The first-order valence-electron chi connectivity index (χ1n) is 9.20. The fourth-order valence-electron chi connectivity index (χ4n) is 2.91. The average molecular weight is 382 g/mol. The molecule has 0 heterocycles. The Morgan fingerprint density at radius 3 is 2.46 bits per heavy atom. The minimum absolute atomic E-state index is 0.0700. The van der Waals surface area contributed by atoms with Crippen LogP contribution in [0.25, 0.3) is 0 Å². The summed E-state index contributed by atoms with van der Waals surface area (Å²) in [4.78, 5) is 37.3. The first kappa shape index (κ1) is 21.2. The molecular formula is C22H26N2O4. The van der Waals surface area contributed by atoms with Gasteiger partial charge < -0.3 is 15.0 Å². The molecule has 0 aliphatic heterocycles. The van der Waals surface area contributed by atoms with E-state index in [1.807, 2.05) is 24.3 Å². The van der Waals surface area contributed by atoms with Crippen molar-refractivity contribution in [1.82, 2.24) is 5.32 Å². The van der Waals surface area contributed by atoms with Crippen molar-refractivity contribution in [3.63, 3.8) is 0 Å². The summed E-state index contributed by atoms with van der Waals surface area (Å²) < 4.78 is 5.30. The number of amides is 2. The predicted octanol–water partition coefficient (Wildman–Crippen LogP) is 3.00. The Labute approximate surface area is 165 Å². The van der Waals surface area contributed by atoms with E-state index >= 15 is 0 Å². The molecule has 2 aromatic rings. The highest BCUT2D eigenvalue weighted by molar-refractivity contribution is 5.97. The SMILES string of the molecule is COc1ccccc1CCNC(=O)CCN(C(C)=O)c1cccc(C(C)=O)c1. The van der Waals surface area contributed by atoms with Crippen LogP contribution >= 0.6 is 0 Å². The van der Waals surface area contributed by atoms with Crippen LogP contribution in [0.1, 0.15) is 36.2 Å². The van der Waals surface area contributed by atoms with E-state index in [0.29, 0.717) is 24.2 Å². The van der Waals surface area contributed by atoms with Crippen molar-refractivity contribution in [2.24, 2.45) is 0 Å². The van der Waals surface area contributed by atoms with Gasteiger partial charge in [-0.05, 0) is 37.1 Å². The zero-order valence-corrected chi connectivity index (χ0v) is 16.5. The van der Waals surface area contributed by atoms with E-state index in [0.717, 1.165) is 11.3 Å². The second-order valence-corrected chi connectivity index (χ2v) is 6.44. The lowest BCUT2D eigenvalue weighted by Crippen LogP contribution is -2.34. The number of Topliss-reactive ketones (excluding diaryl/α,β-unsaturated/α-hetero) is 1. The number of carbonyl (C=O) groups excluding carboxylic acids is 3. The third kappa shape index (κ3) is 5.94. The summed E-state index contributed by atoms with van der Waals surface area (Å²) >= 11 is 0. The first-order valence-corrected chi connectivity index (χ1v) is 9.20. The lowest BCUT2D eigenvalue weighted by molar-refractivity contribution is -0.121. The van der Waals surface area contributed by atoms with Gasteiger partial charge in [0.15, 0.2) is 5.78 Å². The summed E-state index contributed by atoms with van der Waals surface area (Å²) in [5.41, 5.74) is 2.17. The Kier molecular flexibility index (Phi) is 7.75. The summed E-state index contributed by atoms with van der Waals surface area (Å²) in [6.07, 6.45) is 0.836. The minimum Gasteiger partial charge on any atom is -0.496 e. The van der Waals surface area contributed by atoms with E-state index in [4.69, 9.17) is 4.74 Å². The largest absolute Gasteiger partial charge is 0.496 e. The van der Waals surface area contributed by atoms with E-state index in [9.17, 15) is 14.4 Å². The average Bonchev–Trinajstić information content (AvgIpc) is 2.68. The van der Waals surface area contributed by atoms with Crippen LogP contribution in [-0.2, 0) is 16.0 Å². The molecule has 2 amide bonds. The number of ether oxygens (including phenoxy) is 1. The van der Waals surface area contributed by atoms with Gasteiger partial charge in [-0.25, -0.2) is 0 Å². The fourth-order valence-corrected chi connectivity index (χ4v) is 2.91. The first-order chi connectivity index (χ1) is 13.4. The smallest absolute Gasteiger partial charge is 0.223 e. The highest BCUT2D eigenvalue weighted by Crippen LogP contribution is 2.18. The van der Waals surface area contributed by atoms with E-state index in [2.05, 4.69) is 5.32 Å². The van der Waals surface area contributed by atoms with Crippen molar-refractivity contribution in [2.45, 2.75) is 26.7 Å². The zero-order valence-electron chi connectivity index (χ0n) is 16.5. The van der Waals surface area contributed by atoms with Gasteiger partial charge in [-0.2, -0.15) is 0 Å². The molecule has 0 radical (unpaired) electrons. The van der Waals surface area contributed by atoms with Crippen LogP contribution in [-0.4, -0.2) is 37.8 Å². The number of hydrogen-bond acceptors (Lipinski definition) is 4. The van der Waals surface area contributed by atoms with E-state index in [1.165, 1.54) is 18.7 Å². The Bertz CT molecular complexity index is 848. The van der Waals surface area contributed by atoms with Crippen LogP contribution in [0.2, 0.25) is 0 Å². The molecule has 0 saturated carbocycles. The summed E-state index contributed by atoms with van der Waals surface area (Å²) in [7, 11) is 1.62. The summed E-state index contributed by atoms with van der Waals surface area (Å²) in [6, 6.07) is 14.5. The highest BCUT2D eigenvalue weighted by Gasteiger charge is 2.14. The Hall–Kier alpha value is -3.15. The maximum atomic E-state index is 12.2. The van der Waals surface area contributed by atoms with Crippen molar-refractivity contribution in [3.8, 4) is 5.75 Å². The second-order valence-electron chi connectivity index (χ2n) is 6.44. The van der Waals surface area contributed by atoms with Gasteiger partial charge >= 0.3 is 0 Å². The molecule has 1 N–H and O–H groups in total. The van der Waals surface area contributed by atoms with Gasteiger partial charge in [0, 0.05) is 37.7 Å². The van der Waals surface area contributed by atoms with Crippen molar-refractivity contribution in [3.05, 3.63) is 59.7 Å². The third-order valence-corrected chi connectivity index (χ3v) is 4.42. The summed E-state index contributed by atoms with van der Waals surface area (Å²) in [6.45, 7) is 3.66. The number of carbonyl (C=O) groups is 3. The van der Waals surface area contributed by atoms with Crippen LogP contribution in [0.15, 0.2) is 48.5 Å². The van der Waals surface area contributed by atoms with Gasteiger partial charge in [-0.1, -0.05) is 30.3 Å². The second kappa shape index (κ2) is 10.3. The number of rotatable bonds is 9. The molecule has 2 aromatic carbocycles. The van der Waals surface area contributed by atoms with Crippen molar-refractivity contribution in [2.75, 3.05) is 25.1 Å². The molecule has 28 heavy (non-hydrogen) atoms. The van der Waals surface area contributed by atoms with E-state index in [1.54, 1.807) is 31.4 Å². The van der Waals surface area contributed by atoms with E-state index in [-0.39, 0.29) is 30.6 Å². The minimum atomic E-state index is -0.178. The summed E-state index contributed by atoms with van der Waals surface area (Å²) in [5, 5.41) is 2.87. The van der Waals surface area contributed by atoms with Crippen LogP contribution in [0.3, 0.4) is 0 Å². The van der Waals surface area contributed by atoms with E-state index < -0.39 is 0 Å². The standard InChI is InChI=1S/C22H26N2O4/c1-16(25)19-8-6-9-20(15-19)24(17(2)26)14-12-22(27)23-13-11-18-7-4-5-10-21(18)28-3/h4-10,15H,11-14H2,1-3H3,(H,23,27). The number of hydrogen-bond donors (Lipinski definition) is 1. The molecular weight excluding hydrogens is 356 g/mol. The number of ketones is 1. The third-order valence-electron chi connectivity index (χ3n) is 4.42. The topological polar surface area (TPSA) is 75.7 Å².